The molecule has 0 atom stereocenters. The lowest BCUT2D eigenvalue weighted by molar-refractivity contribution is -0.126. The Balaban J connectivity index is 2.00. The van der Waals surface area contributed by atoms with E-state index in [1.807, 2.05) is 0 Å². The number of anilines is 1. The van der Waals surface area contributed by atoms with Gasteiger partial charge in [0.15, 0.2) is 0 Å². The Bertz CT molecular complexity index is 915. The van der Waals surface area contributed by atoms with Crippen molar-refractivity contribution in [1.82, 2.24) is 9.97 Å². The molecule has 24 heavy (non-hydrogen) atoms. The van der Waals surface area contributed by atoms with E-state index in [4.69, 9.17) is 5.73 Å². The highest BCUT2D eigenvalue weighted by Gasteiger charge is 2.28. The topological polar surface area (TPSA) is 64.2 Å². The minimum absolute atomic E-state index is 0.247. The predicted octanol–water partition coefficient (Wildman–Crippen LogP) is 4.09. The van der Waals surface area contributed by atoms with E-state index >= 15 is 0 Å². The number of pyridine rings is 2. The third-order valence-corrected chi connectivity index (χ3v) is 4.37. The van der Waals surface area contributed by atoms with E-state index < -0.39 is 12.6 Å². The number of hydrogen-bond acceptors (Lipinski definition) is 5. The van der Waals surface area contributed by atoms with Crippen LogP contribution in [0.4, 0.5) is 19.0 Å². The van der Waals surface area contributed by atoms with Crippen molar-refractivity contribution in [2.75, 3.05) is 12.8 Å². The lowest BCUT2D eigenvalue weighted by atomic mass is 10.1. The van der Waals surface area contributed by atoms with E-state index in [-0.39, 0.29) is 4.88 Å². The second kappa shape index (κ2) is 6.20. The SMILES string of the molecule is CN=Cc1cc(-c2ccc3cc(CC(F)(F)F)sc3n2)cnc1N. The van der Waals surface area contributed by atoms with E-state index in [1.54, 1.807) is 37.7 Å². The average Bonchev–Trinajstić information content (AvgIpc) is 2.88. The fourth-order valence-electron chi connectivity index (χ4n) is 2.29. The fraction of sp³-hybridized carbons (Fsp3) is 0.188. The summed E-state index contributed by atoms with van der Waals surface area (Å²) in [7, 11) is 1.63. The first-order chi connectivity index (χ1) is 11.4. The molecule has 0 unspecified atom stereocenters. The molecule has 0 aliphatic rings. The predicted molar refractivity (Wildman–Crippen MR) is 90.5 cm³/mol. The average molecular weight is 350 g/mol. The Morgan fingerprint density at radius 2 is 2.08 bits per heavy atom. The van der Waals surface area contributed by atoms with E-state index in [0.717, 1.165) is 16.9 Å². The van der Waals surface area contributed by atoms with Crippen LogP contribution in [0.1, 0.15) is 10.4 Å². The molecule has 0 aliphatic heterocycles. The van der Waals surface area contributed by atoms with Crippen LogP contribution in [0.5, 0.6) is 0 Å². The molecule has 0 fully saturated rings. The first kappa shape index (κ1) is 16.4. The maximum atomic E-state index is 12.5. The summed E-state index contributed by atoms with van der Waals surface area (Å²) in [6.45, 7) is 0. The largest absolute Gasteiger partial charge is 0.393 e. The van der Waals surface area contributed by atoms with Crippen LogP contribution >= 0.6 is 11.3 Å². The molecule has 8 heteroatoms. The summed E-state index contributed by atoms with van der Waals surface area (Å²) < 4.78 is 37.6. The molecular formula is C16H13F3N4S. The molecule has 3 heterocycles. The number of nitrogens with two attached hydrogens (primary N) is 1. The first-order valence-electron chi connectivity index (χ1n) is 7.00. The lowest BCUT2D eigenvalue weighted by Crippen LogP contribution is -2.09. The van der Waals surface area contributed by atoms with Crippen LogP contribution in [0, 0.1) is 0 Å². The van der Waals surface area contributed by atoms with Gasteiger partial charge in [0.1, 0.15) is 10.6 Å². The zero-order valence-corrected chi connectivity index (χ0v) is 13.4. The molecule has 0 saturated heterocycles. The van der Waals surface area contributed by atoms with Crippen molar-refractivity contribution in [3.63, 3.8) is 0 Å². The number of fused-ring (bicyclic) bond motifs is 1. The molecule has 0 spiro atoms. The van der Waals surface area contributed by atoms with Gasteiger partial charge in [0, 0.05) is 40.8 Å². The maximum Gasteiger partial charge on any atom is 0.393 e. The molecule has 0 amide bonds. The Hall–Kier alpha value is -2.48. The Labute approximate surface area is 139 Å². The molecule has 0 bridgehead atoms. The monoisotopic (exact) mass is 350 g/mol. The summed E-state index contributed by atoms with van der Waals surface area (Å²) in [5.41, 5.74) is 7.80. The van der Waals surface area contributed by atoms with Gasteiger partial charge < -0.3 is 5.73 Å². The molecule has 3 aromatic heterocycles. The Morgan fingerprint density at radius 1 is 1.29 bits per heavy atom. The van der Waals surface area contributed by atoms with E-state index in [1.165, 1.54) is 6.07 Å². The summed E-state index contributed by atoms with van der Waals surface area (Å²) >= 11 is 1.05. The fourth-order valence-corrected chi connectivity index (χ4v) is 3.35. The van der Waals surface area contributed by atoms with Crippen LogP contribution in [-0.4, -0.2) is 29.4 Å². The zero-order chi connectivity index (χ0) is 17.3. The molecule has 3 aromatic rings. The van der Waals surface area contributed by atoms with Crippen LogP contribution in [0.15, 0.2) is 35.5 Å². The number of nitrogens with zero attached hydrogens (tertiary/aromatic N) is 3. The zero-order valence-electron chi connectivity index (χ0n) is 12.6. The van der Waals surface area contributed by atoms with Gasteiger partial charge in [-0.2, -0.15) is 13.2 Å². The van der Waals surface area contributed by atoms with Crippen LogP contribution in [0.2, 0.25) is 0 Å². The summed E-state index contributed by atoms with van der Waals surface area (Å²) in [6.07, 6.45) is -1.99. The van der Waals surface area contributed by atoms with Crippen molar-refractivity contribution in [2.24, 2.45) is 4.99 Å². The molecule has 0 radical (unpaired) electrons. The van der Waals surface area contributed by atoms with Crippen molar-refractivity contribution in [2.45, 2.75) is 12.6 Å². The molecule has 0 aliphatic carbocycles. The van der Waals surface area contributed by atoms with Gasteiger partial charge in [-0.15, -0.1) is 11.3 Å². The van der Waals surface area contributed by atoms with Gasteiger partial charge in [-0.25, -0.2) is 9.97 Å². The maximum absolute atomic E-state index is 12.5. The molecule has 124 valence electrons. The number of aliphatic imine (C=N–C) groups is 1. The highest BCUT2D eigenvalue weighted by atomic mass is 32.1. The number of halogens is 3. The van der Waals surface area contributed by atoms with Crippen molar-refractivity contribution in [1.29, 1.82) is 0 Å². The van der Waals surface area contributed by atoms with Crippen LogP contribution in [-0.2, 0) is 6.42 Å². The molecule has 2 N–H and O–H groups in total. The van der Waals surface area contributed by atoms with Crippen molar-refractivity contribution < 1.29 is 13.2 Å². The van der Waals surface area contributed by atoms with Crippen LogP contribution < -0.4 is 5.73 Å². The van der Waals surface area contributed by atoms with Gasteiger partial charge in [-0.1, -0.05) is 0 Å². The van der Waals surface area contributed by atoms with Crippen molar-refractivity contribution in [3.05, 3.63) is 40.9 Å². The molecule has 4 nitrogen and oxygen atoms in total. The number of nitrogen functional groups attached to an aromatic ring is 1. The highest BCUT2D eigenvalue weighted by Crippen LogP contribution is 2.31. The number of hydrogen-bond donors (Lipinski definition) is 1. The van der Waals surface area contributed by atoms with Gasteiger partial charge >= 0.3 is 6.18 Å². The molecular weight excluding hydrogens is 337 g/mol. The van der Waals surface area contributed by atoms with E-state index in [2.05, 4.69) is 15.0 Å². The molecule has 3 rings (SSSR count). The van der Waals surface area contributed by atoms with E-state index in [9.17, 15) is 13.2 Å². The summed E-state index contributed by atoms with van der Waals surface area (Å²) in [5.74, 6) is 0.356. The number of alkyl halides is 3. The lowest BCUT2D eigenvalue weighted by Gasteiger charge is -2.04. The Morgan fingerprint density at radius 3 is 2.79 bits per heavy atom. The third kappa shape index (κ3) is 3.53. The summed E-state index contributed by atoms with van der Waals surface area (Å²) in [5, 5.41) is 0.696. The molecule has 0 saturated carbocycles. The number of rotatable bonds is 3. The van der Waals surface area contributed by atoms with Gasteiger partial charge in [0.05, 0.1) is 12.1 Å². The second-order valence-electron chi connectivity index (χ2n) is 5.18. The van der Waals surface area contributed by atoms with Gasteiger partial charge in [-0.3, -0.25) is 4.99 Å². The molecule has 0 aromatic carbocycles. The van der Waals surface area contributed by atoms with Crippen molar-refractivity contribution >= 4 is 33.6 Å². The first-order valence-corrected chi connectivity index (χ1v) is 7.81. The smallest absolute Gasteiger partial charge is 0.383 e. The minimum atomic E-state index is -4.22. The normalized spacial score (nSPS) is 12.3. The van der Waals surface area contributed by atoms with E-state index in [0.29, 0.717) is 27.3 Å². The minimum Gasteiger partial charge on any atom is -0.383 e. The van der Waals surface area contributed by atoms with Gasteiger partial charge in [-0.05, 0) is 24.3 Å². The standard InChI is InChI=1S/C16H13F3N4S/c1-21-7-11-4-10(8-22-14(11)20)13-3-2-9-5-12(6-16(17,18)19)24-15(9)23-13/h2-5,7-8H,6H2,1H3,(H2,20,22). The Kier molecular flexibility index (Phi) is 4.23. The number of thiophene rings is 1. The summed E-state index contributed by atoms with van der Waals surface area (Å²) in [6, 6.07) is 6.85. The second-order valence-corrected chi connectivity index (χ2v) is 6.30. The van der Waals surface area contributed by atoms with Crippen LogP contribution in [0.3, 0.4) is 0 Å². The van der Waals surface area contributed by atoms with Gasteiger partial charge in [0.2, 0.25) is 0 Å². The summed E-state index contributed by atoms with van der Waals surface area (Å²) in [4.78, 5) is 13.3. The highest BCUT2D eigenvalue weighted by molar-refractivity contribution is 7.18. The van der Waals surface area contributed by atoms with Crippen molar-refractivity contribution in [3.8, 4) is 11.3 Å². The number of aromatic nitrogens is 2. The quantitative estimate of drug-likeness (QED) is 0.724. The van der Waals surface area contributed by atoms with Crippen LogP contribution in [0.25, 0.3) is 21.5 Å². The van der Waals surface area contributed by atoms with Gasteiger partial charge in [0.25, 0.3) is 0 Å². The third-order valence-electron chi connectivity index (χ3n) is 3.32.